The minimum absolute atomic E-state index is 0.0394. The van der Waals surface area contributed by atoms with E-state index < -0.39 is 0 Å². The molecule has 1 heterocycles. The Morgan fingerprint density at radius 2 is 1.89 bits per heavy atom. The van der Waals surface area contributed by atoms with Gasteiger partial charge in [0.2, 0.25) is 0 Å². The molecule has 0 aliphatic rings. The van der Waals surface area contributed by atoms with Gasteiger partial charge in [0, 0.05) is 10.6 Å². The molecule has 0 fully saturated rings. The Balaban J connectivity index is 1.82. The van der Waals surface area contributed by atoms with E-state index in [2.05, 4.69) is 10.2 Å². The zero-order valence-electron chi connectivity index (χ0n) is 16.0. The van der Waals surface area contributed by atoms with E-state index in [1.54, 1.807) is 38.7 Å². The molecular formula is C20H20ClN3O3S. The van der Waals surface area contributed by atoms with E-state index in [-0.39, 0.29) is 11.0 Å². The van der Waals surface area contributed by atoms with E-state index in [4.69, 9.17) is 21.1 Å². The minimum Gasteiger partial charge on any atom is -0.493 e. The summed E-state index contributed by atoms with van der Waals surface area (Å²) in [5.41, 5.74) is 2.38. The van der Waals surface area contributed by atoms with Gasteiger partial charge in [0.1, 0.15) is 6.33 Å². The number of halogens is 1. The van der Waals surface area contributed by atoms with Crippen LogP contribution in [0.4, 0.5) is 0 Å². The quantitative estimate of drug-likeness (QED) is 0.413. The van der Waals surface area contributed by atoms with Gasteiger partial charge in [-0.2, -0.15) is 0 Å². The second kappa shape index (κ2) is 8.67. The van der Waals surface area contributed by atoms with Gasteiger partial charge >= 0.3 is 0 Å². The van der Waals surface area contributed by atoms with Crippen LogP contribution in [0.3, 0.4) is 0 Å². The first-order valence-corrected chi connectivity index (χ1v) is 9.79. The summed E-state index contributed by atoms with van der Waals surface area (Å²) in [5.74, 6) is 1.06. The summed E-state index contributed by atoms with van der Waals surface area (Å²) in [7, 11) is 3.10. The van der Waals surface area contributed by atoms with Crippen LogP contribution in [0.15, 0.2) is 47.9 Å². The molecule has 6 nitrogen and oxygen atoms in total. The molecule has 0 bridgehead atoms. The molecule has 3 aromatic rings. The molecule has 0 saturated carbocycles. The fourth-order valence-corrected chi connectivity index (χ4v) is 3.74. The topological polar surface area (TPSA) is 66.2 Å². The van der Waals surface area contributed by atoms with E-state index in [0.29, 0.717) is 27.2 Å². The van der Waals surface area contributed by atoms with Crippen molar-refractivity contribution in [3.8, 4) is 17.2 Å². The lowest BCUT2D eigenvalue weighted by atomic mass is 10.1. The van der Waals surface area contributed by atoms with Crippen molar-refractivity contribution in [2.75, 3.05) is 14.2 Å². The number of carbonyl (C=O) groups excluding carboxylic acids is 1. The van der Waals surface area contributed by atoms with Crippen LogP contribution in [0.2, 0.25) is 5.02 Å². The van der Waals surface area contributed by atoms with Gasteiger partial charge in [-0.1, -0.05) is 29.4 Å². The number of hydrogen-bond donors (Lipinski definition) is 0. The number of rotatable bonds is 7. The Hall–Kier alpha value is -2.51. The largest absolute Gasteiger partial charge is 0.493 e. The summed E-state index contributed by atoms with van der Waals surface area (Å²) in [6.07, 6.45) is 1.61. The Bertz CT molecular complexity index is 1010. The number of Topliss-reactive ketones (excluding diaryl/α,β-unsaturated/α-hetero) is 1. The molecule has 3 rings (SSSR count). The molecule has 0 aliphatic carbocycles. The first kappa shape index (κ1) is 20.2. The van der Waals surface area contributed by atoms with E-state index in [0.717, 1.165) is 11.3 Å². The monoisotopic (exact) mass is 417 g/mol. The van der Waals surface area contributed by atoms with Crippen molar-refractivity contribution >= 4 is 29.1 Å². The average molecular weight is 418 g/mol. The second-order valence-corrected chi connectivity index (χ2v) is 7.83. The van der Waals surface area contributed by atoms with Gasteiger partial charge in [0.25, 0.3) is 0 Å². The molecule has 1 aromatic heterocycles. The summed E-state index contributed by atoms with van der Waals surface area (Å²) in [6, 6.07) is 10.9. The van der Waals surface area contributed by atoms with Gasteiger partial charge in [-0.15, -0.1) is 10.2 Å². The number of nitrogens with zero attached hydrogens (tertiary/aromatic N) is 3. The van der Waals surface area contributed by atoms with Crippen LogP contribution >= 0.6 is 23.4 Å². The fourth-order valence-electron chi connectivity index (χ4n) is 2.65. The zero-order chi connectivity index (χ0) is 20.3. The average Bonchev–Trinajstić information content (AvgIpc) is 3.16. The molecule has 0 radical (unpaired) electrons. The van der Waals surface area contributed by atoms with Crippen LogP contribution in [0.5, 0.6) is 11.5 Å². The Morgan fingerprint density at radius 3 is 2.57 bits per heavy atom. The molecule has 0 N–H and O–H groups in total. The first-order valence-electron chi connectivity index (χ1n) is 8.54. The summed E-state index contributed by atoms with van der Waals surface area (Å²) < 4.78 is 12.3. The maximum atomic E-state index is 12.9. The first-order chi connectivity index (χ1) is 13.4. The number of thioether (sulfide) groups is 1. The minimum atomic E-state index is -0.373. The third-order valence-corrected chi connectivity index (χ3v) is 5.73. The summed E-state index contributed by atoms with van der Waals surface area (Å²) in [5, 5.41) is 9.05. The highest BCUT2D eigenvalue weighted by atomic mass is 35.5. The molecule has 2 aromatic carbocycles. The van der Waals surface area contributed by atoms with Crippen molar-refractivity contribution in [2.24, 2.45) is 0 Å². The lowest BCUT2D eigenvalue weighted by molar-refractivity contribution is 0.0993. The lowest BCUT2D eigenvalue weighted by Gasteiger charge is -2.13. The third-order valence-electron chi connectivity index (χ3n) is 4.27. The van der Waals surface area contributed by atoms with E-state index in [1.807, 2.05) is 36.6 Å². The number of aromatic nitrogens is 3. The van der Waals surface area contributed by atoms with E-state index in [1.165, 1.54) is 11.8 Å². The molecule has 1 atom stereocenters. The molecule has 28 heavy (non-hydrogen) atoms. The van der Waals surface area contributed by atoms with Crippen molar-refractivity contribution in [3.05, 3.63) is 58.9 Å². The van der Waals surface area contributed by atoms with Gasteiger partial charge < -0.3 is 9.47 Å². The highest BCUT2D eigenvalue weighted by Gasteiger charge is 2.21. The van der Waals surface area contributed by atoms with Crippen LogP contribution in [0.25, 0.3) is 5.69 Å². The van der Waals surface area contributed by atoms with Crippen LogP contribution in [-0.2, 0) is 0 Å². The van der Waals surface area contributed by atoms with Gasteiger partial charge in [-0.05, 0) is 49.7 Å². The number of carbonyl (C=O) groups is 1. The predicted octanol–water partition coefficient (Wildman–Crippen LogP) is 4.61. The second-order valence-electron chi connectivity index (χ2n) is 6.11. The molecule has 8 heteroatoms. The van der Waals surface area contributed by atoms with Crippen molar-refractivity contribution in [3.63, 3.8) is 0 Å². The van der Waals surface area contributed by atoms with Gasteiger partial charge in [-0.25, -0.2) is 0 Å². The smallest absolute Gasteiger partial charge is 0.196 e. The molecule has 0 spiro atoms. The van der Waals surface area contributed by atoms with Crippen molar-refractivity contribution in [2.45, 2.75) is 24.3 Å². The highest BCUT2D eigenvalue weighted by molar-refractivity contribution is 8.00. The number of aryl methyl sites for hydroxylation is 1. The standard InChI is InChI=1S/C20H20ClN3O3S/c1-12-5-7-15(10-16(12)21)24-11-22-23-20(24)28-13(2)19(25)14-6-8-17(26-3)18(9-14)27-4/h5-11,13H,1-4H3. The number of hydrogen-bond acceptors (Lipinski definition) is 6. The number of benzene rings is 2. The van der Waals surface area contributed by atoms with E-state index in [9.17, 15) is 4.79 Å². The van der Waals surface area contributed by atoms with Crippen molar-refractivity contribution < 1.29 is 14.3 Å². The molecule has 0 saturated heterocycles. The number of ether oxygens (including phenoxy) is 2. The summed E-state index contributed by atoms with van der Waals surface area (Å²) in [6.45, 7) is 3.78. The van der Waals surface area contributed by atoms with Crippen LogP contribution in [0, 0.1) is 6.92 Å². The predicted molar refractivity (Wildman–Crippen MR) is 110 cm³/mol. The maximum Gasteiger partial charge on any atom is 0.196 e. The van der Waals surface area contributed by atoms with Crippen molar-refractivity contribution in [1.29, 1.82) is 0 Å². The van der Waals surface area contributed by atoms with Gasteiger partial charge in [0.05, 0.1) is 25.2 Å². The van der Waals surface area contributed by atoms with Gasteiger partial charge in [0.15, 0.2) is 22.4 Å². The lowest BCUT2D eigenvalue weighted by Crippen LogP contribution is -2.14. The highest BCUT2D eigenvalue weighted by Crippen LogP contribution is 2.31. The SMILES string of the molecule is COc1ccc(C(=O)C(C)Sc2nncn2-c2ccc(C)c(Cl)c2)cc1OC. The third kappa shape index (κ3) is 4.15. The van der Waals surface area contributed by atoms with E-state index >= 15 is 0 Å². The normalized spacial score (nSPS) is 11.9. The zero-order valence-corrected chi connectivity index (χ0v) is 17.5. The molecule has 0 amide bonds. The fraction of sp³-hybridized carbons (Fsp3) is 0.250. The molecular weight excluding hydrogens is 398 g/mol. The number of ketones is 1. The maximum absolute atomic E-state index is 12.9. The van der Waals surface area contributed by atoms with Crippen LogP contribution in [-0.4, -0.2) is 40.0 Å². The van der Waals surface area contributed by atoms with Gasteiger partial charge in [-0.3, -0.25) is 9.36 Å². The Morgan fingerprint density at radius 1 is 1.14 bits per heavy atom. The molecule has 0 aliphatic heterocycles. The van der Waals surface area contributed by atoms with Crippen LogP contribution in [0.1, 0.15) is 22.8 Å². The Kier molecular flexibility index (Phi) is 6.26. The molecule has 1 unspecified atom stereocenters. The Labute approximate surface area is 172 Å². The van der Waals surface area contributed by atoms with Crippen molar-refractivity contribution in [1.82, 2.24) is 14.8 Å². The summed E-state index contributed by atoms with van der Waals surface area (Å²) in [4.78, 5) is 12.9. The number of methoxy groups -OCH3 is 2. The van der Waals surface area contributed by atoms with Crippen LogP contribution < -0.4 is 9.47 Å². The summed E-state index contributed by atoms with van der Waals surface area (Å²) >= 11 is 7.57. The molecule has 146 valence electrons.